The van der Waals surface area contributed by atoms with Crippen LogP contribution in [0.15, 0.2) is 23.9 Å². The Hall–Kier alpha value is -2.28. The van der Waals surface area contributed by atoms with Crippen LogP contribution in [0.2, 0.25) is 5.02 Å². The van der Waals surface area contributed by atoms with Gasteiger partial charge in [0, 0.05) is 0 Å². The van der Waals surface area contributed by atoms with E-state index in [-0.39, 0.29) is 22.2 Å². The zero-order valence-corrected chi connectivity index (χ0v) is 12.3. The Balaban J connectivity index is 3.19. The number of esters is 2. The highest BCUT2D eigenvalue weighted by molar-refractivity contribution is 6.32. The molecule has 21 heavy (non-hydrogen) atoms. The third-order valence-electron chi connectivity index (χ3n) is 2.39. The van der Waals surface area contributed by atoms with E-state index in [1.807, 2.05) is 0 Å². The van der Waals surface area contributed by atoms with E-state index in [9.17, 15) is 14.0 Å². The summed E-state index contributed by atoms with van der Waals surface area (Å²) < 4.78 is 27.8. The van der Waals surface area contributed by atoms with Crippen molar-refractivity contribution in [1.82, 2.24) is 0 Å². The maximum Gasteiger partial charge on any atom is 0.354 e. The van der Waals surface area contributed by atoms with Gasteiger partial charge in [-0.25, -0.2) is 14.0 Å². The van der Waals surface area contributed by atoms with Crippen LogP contribution in [-0.2, 0) is 19.1 Å². The fraction of sp³-hybridized carbons (Fsp3) is 0.231. The Kier molecular flexibility index (Phi) is 5.98. The maximum atomic E-state index is 14.1. The summed E-state index contributed by atoms with van der Waals surface area (Å²) in [6.45, 7) is 0. The number of ether oxygens (including phenoxy) is 3. The van der Waals surface area contributed by atoms with Gasteiger partial charge in [-0.3, -0.25) is 0 Å². The van der Waals surface area contributed by atoms with Gasteiger partial charge in [0.15, 0.2) is 11.6 Å². The molecule has 0 heterocycles. The third kappa shape index (κ3) is 4.09. The summed E-state index contributed by atoms with van der Waals surface area (Å²) in [5.74, 6) is -2.67. The molecule has 1 aromatic rings. The minimum Gasteiger partial charge on any atom is -0.492 e. The molecule has 0 fully saturated rings. The Morgan fingerprint density at radius 2 is 1.90 bits per heavy atom. The molecule has 0 aliphatic rings. The van der Waals surface area contributed by atoms with Gasteiger partial charge >= 0.3 is 11.9 Å². The molecule has 8 heteroatoms. The van der Waals surface area contributed by atoms with Crippen molar-refractivity contribution in [3.8, 4) is 5.75 Å². The molecule has 0 aliphatic heterocycles. The normalized spacial score (nSPS) is 10.8. The number of rotatable bonds is 5. The van der Waals surface area contributed by atoms with Crippen LogP contribution in [0.3, 0.4) is 0 Å². The summed E-state index contributed by atoms with van der Waals surface area (Å²) in [7, 11) is 3.51. The van der Waals surface area contributed by atoms with Gasteiger partial charge in [-0.15, -0.1) is 0 Å². The molecular weight excluding hydrogens is 305 g/mol. The molecule has 6 nitrogen and oxygen atoms in total. The molecule has 0 saturated heterocycles. The molecule has 1 N–H and O–H groups in total. The van der Waals surface area contributed by atoms with Crippen LogP contribution in [0.4, 0.5) is 10.1 Å². The van der Waals surface area contributed by atoms with Gasteiger partial charge in [-0.05, 0) is 12.1 Å². The van der Waals surface area contributed by atoms with E-state index in [1.54, 1.807) is 0 Å². The smallest absolute Gasteiger partial charge is 0.354 e. The average Bonchev–Trinajstić information content (AvgIpc) is 2.48. The van der Waals surface area contributed by atoms with Crippen LogP contribution < -0.4 is 10.1 Å². The maximum absolute atomic E-state index is 14.1. The van der Waals surface area contributed by atoms with Gasteiger partial charge < -0.3 is 19.5 Å². The molecule has 0 unspecified atom stereocenters. The van der Waals surface area contributed by atoms with E-state index in [2.05, 4.69) is 14.8 Å². The van der Waals surface area contributed by atoms with Gasteiger partial charge in [0.05, 0.1) is 38.1 Å². The standard InChI is InChI=1S/C13H13ClFNO5/c1-19-10(17)6-9(13(18)21-3)16-8-5-4-7(14)12(20-2)11(8)15/h4-6,16H,1-3H3/b9-6+. The Morgan fingerprint density at radius 1 is 1.24 bits per heavy atom. The summed E-state index contributed by atoms with van der Waals surface area (Å²) in [5.41, 5.74) is -0.413. The summed E-state index contributed by atoms with van der Waals surface area (Å²) in [6, 6.07) is 2.66. The lowest BCUT2D eigenvalue weighted by molar-refractivity contribution is -0.138. The highest BCUT2D eigenvalue weighted by Crippen LogP contribution is 2.32. The van der Waals surface area contributed by atoms with Crippen LogP contribution in [-0.4, -0.2) is 33.3 Å². The number of benzene rings is 1. The number of methoxy groups -OCH3 is 3. The molecule has 1 rings (SSSR count). The molecule has 0 radical (unpaired) electrons. The van der Waals surface area contributed by atoms with Crippen molar-refractivity contribution in [2.24, 2.45) is 0 Å². The van der Waals surface area contributed by atoms with Crippen LogP contribution in [0, 0.1) is 5.82 Å². The first kappa shape index (κ1) is 16.8. The minimum atomic E-state index is -0.867. The number of nitrogens with one attached hydrogen (secondary N) is 1. The first-order valence-corrected chi connectivity index (χ1v) is 5.99. The number of halogens is 2. The van der Waals surface area contributed by atoms with Crippen LogP contribution in [0.1, 0.15) is 0 Å². The second-order valence-electron chi connectivity index (χ2n) is 3.64. The fourth-order valence-electron chi connectivity index (χ4n) is 1.39. The lowest BCUT2D eigenvalue weighted by Gasteiger charge is -2.12. The SMILES string of the molecule is COC(=O)/C=C(/Nc1ccc(Cl)c(OC)c1F)C(=O)OC. The van der Waals surface area contributed by atoms with Crippen molar-refractivity contribution in [3.63, 3.8) is 0 Å². The van der Waals surface area contributed by atoms with Crippen molar-refractivity contribution in [3.05, 3.63) is 34.7 Å². The Morgan fingerprint density at radius 3 is 2.43 bits per heavy atom. The second kappa shape index (κ2) is 7.49. The molecule has 1 aromatic carbocycles. The lowest BCUT2D eigenvalue weighted by Crippen LogP contribution is -2.16. The Bertz CT molecular complexity index is 588. The summed E-state index contributed by atoms with van der Waals surface area (Å²) >= 11 is 5.76. The molecule has 0 atom stereocenters. The summed E-state index contributed by atoms with van der Waals surface area (Å²) in [4.78, 5) is 22.8. The van der Waals surface area contributed by atoms with Crippen LogP contribution in [0.5, 0.6) is 5.75 Å². The van der Waals surface area contributed by atoms with Gasteiger partial charge in [0.25, 0.3) is 0 Å². The highest BCUT2D eigenvalue weighted by atomic mass is 35.5. The van der Waals surface area contributed by atoms with Crippen molar-refractivity contribution in [2.45, 2.75) is 0 Å². The molecule has 0 saturated carbocycles. The number of hydrogen-bond acceptors (Lipinski definition) is 6. The van der Waals surface area contributed by atoms with Crippen LogP contribution >= 0.6 is 11.6 Å². The van der Waals surface area contributed by atoms with E-state index >= 15 is 0 Å². The highest BCUT2D eigenvalue weighted by Gasteiger charge is 2.18. The third-order valence-corrected chi connectivity index (χ3v) is 2.69. The van der Waals surface area contributed by atoms with Crippen molar-refractivity contribution < 1.29 is 28.2 Å². The molecule has 0 spiro atoms. The van der Waals surface area contributed by atoms with Crippen molar-refractivity contribution in [2.75, 3.05) is 26.6 Å². The van der Waals surface area contributed by atoms with Crippen molar-refractivity contribution in [1.29, 1.82) is 0 Å². The van der Waals surface area contributed by atoms with Gasteiger partial charge in [-0.2, -0.15) is 0 Å². The average molecular weight is 318 g/mol. The first-order chi connectivity index (χ1) is 9.94. The topological polar surface area (TPSA) is 73.9 Å². The van der Waals surface area contributed by atoms with Gasteiger partial charge in [-0.1, -0.05) is 11.6 Å². The predicted octanol–water partition coefficient (Wildman–Crippen LogP) is 2.13. The quantitative estimate of drug-likeness (QED) is 0.662. The number of carbonyl (C=O) groups is 2. The number of anilines is 1. The fourth-order valence-corrected chi connectivity index (χ4v) is 1.62. The Labute approximate surface area is 125 Å². The monoisotopic (exact) mass is 317 g/mol. The zero-order valence-electron chi connectivity index (χ0n) is 11.5. The predicted molar refractivity (Wildman–Crippen MR) is 73.7 cm³/mol. The van der Waals surface area contributed by atoms with Crippen molar-refractivity contribution >= 4 is 29.2 Å². The molecule has 0 aromatic heterocycles. The van der Waals surface area contributed by atoms with Gasteiger partial charge in [0.2, 0.25) is 0 Å². The molecule has 114 valence electrons. The van der Waals surface area contributed by atoms with E-state index < -0.39 is 17.8 Å². The zero-order chi connectivity index (χ0) is 16.0. The molecule has 0 amide bonds. The summed E-state index contributed by atoms with van der Waals surface area (Å²) in [5, 5.41) is 2.50. The lowest BCUT2D eigenvalue weighted by atomic mass is 10.2. The number of carbonyl (C=O) groups excluding carboxylic acids is 2. The van der Waals surface area contributed by atoms with E-state index in [4.69, 9.17) is 16.3 Å². The van der Waals surface area contributed by atoms with E-state index in [1.165, 1.54) is 19.2 Å². The molecule has 0 aliphatic carbocycles. The number of hydrogen-bond donors (Lipinski definition) is 1. The van der Waals surface area contributed by atoms with Crippen LogP contribution in [0.25, 0.3) is 0 Å². The van der Waals surface area contributed by atoms with E-state index in [0.29, 0.717) is 0 Å². The first-order valence-electron chi connectivity index (χ1n) is 5.61. The van der Waals surface area contributed by atoms with Gasteiger partial charge in [0.1, 0.15) is 5.70 Å². The second-order valence-corrected chi connectivity index (χ2v) is 4.05. The molecular formula is C13H13ClFNO5. The van der Waals surface area contributed by atoms with E-state index in [0.717, 1.165) is 20.3 Å². The largest absolute Gasteiger partial charge is 0.492 e. The summed E-state index contributed by atoms with van der Waals surface area (Å²) in [6.07, 6.45) is 0.840. The minimum absolute atomic E-state index is 0.0668. The molecule has 0 bridgehead atoms.